The van der Waals surface area contributed by atoms with Crippen molar-refractivity contribution in [2.75, 3.05) is 26.7 Å². The summed E-state index contributed by atoms with van der Waals surface area (Å²) in [6, 6.07) is 1.27. The van der Waals surface area contributed by atoms with Gasteiger partial charge in [-0.15, -0.1) is 0 Å². The van der Waals surface area contributed by atoms with Gasteiger partial charge in [-0.1, -0.05) is 0 Å². The summed E-state index contributed by atoms with van der Waals surface area (Å²) in [6.45, 7) is 10.2. The Labute approximate surface area is 112 Å². The summed E-state index contributed by atoms with van der Waals surface area (Å²) in [7, 11) is 2.25. The molecule has 3 unspecified atom stereocenters. The Balaban J connectivity index is 1.81. The van der Waals surface area contributed by atoms with Gasteiger partial charge in [0.2, 0.25) is 0 Å². The third kappa shape index (κ3) is 3.94. The quantitative estimate of drug-likeness (QED) is 0.836. The lowest BCUT2D eigenvalue weighted by molar-refractivity contribution is -0.0650. The molecule has 0 amide bonds. The fourth-order valence-electron chi connectivity index (χ4n) is 3.50. The standard InChI is InChI=1S/C15H30N2O/c1-12(13-6-5-8-17(4)11-13)16-14-7-9-18-15(2,3)10-14/h12-14,16H,5-11H2,1-4H3. The molecular formula is C15H30N2O. The molecule has 0 aromatic carbocycles. The van der Waals surface area contributed by atoms with Crippen molar-refractivity contribution in [2.24, 2.45) is 5.92 Å². The van der Waals surface area contributed by atoms with Crippen molar-refractivity contribution in [1.82, 2.24) is 10.2 Å². The lowest BCUT2D eigenvalue weighted by Gasteiger charge is -2.40. The lowest BCUT2D eigenvalue weighted by Crippen LogP contribution is -2.50. The van der Waals surface area contributed by atoms with Gasteiger partial charge >= 0.3 is 0 Å². The third-order valence-corrected chi connectivity index (χ3v) is 4.56. The molecule has 2 rings (SSSR count). The lowest BCUT2D eigenvalue weighted by atomic mass is 9.89. The van der Waals surface area contributed by atoms with E-state index < -0.39 is 0 Å². The molecule has 0 radical (unpaired) electrons. The number of nitrogens with zero attached hydrogens (tertiary/aromatic N) is 1. The van der Waals surface area contributed by atoms with E-state index >= 15 is 0 Å². The molecule has 2 saturated heterocycles. The molecule has 1 N–H and O–H groups in total. The van der Waals surface area contributed by atoms with E-state index in [1.165, 1.54) is 25.9 Å². The number of nitrogens with one attached hydrogen (secondary N) is 1. The molecule has 3 nitrogen and oxygen atoms in total. The fraction of sp³-hybridized carbons (Fsp3) is 1.00. The highest BCUT2D eigenvalue weighted by atomic mass is 16.5. The van der Waals surface area contributed by atoms with E-state index in [9.17, 15) is 0 Å². The Hall–Kier alpha value is -0.120. The van der Waals surface area contributed by atoms with Crippen LogP contribution in [0, 0.1) is 5.92 Å². The van der Waals surface area contributed by atoms with Gasteiger partial charge in [-0.3, -0.25) is 0 Å². The molecule has 0 aromatic rings. The van der Waals surface area contributed by atoms with Crippen molar-refractivity contribution in [3.05, 3.63) is 0 Å². The first kappa shape index (κ1) is 14.3. The highest BCUT2D eigenvalue weighted by molar-refractivity contribution is 4.87. The molecule has 0 saturated carbocycles. The molecule has 0 spiro atoms. The Bertz CT molecular complexity index is 267. The van der Waals surface area contributed by atoms with Gasteiger partial charge in [0, 0.05) is 25.2 Å². The molecular weight excluding hydrogens is 224 g/mol. The topological polar surface area (TPSA) is 24.5 Å². The van der Waals surface area contributed by atoms with E-state index in [-0.39, 0.29) is 5.60 Å². The van der Waals surface area contributed by atoms with E-state index in [0.717, 1.165) is 25.4 Å². The van der Waals surface area contributed by atoms with Crippen molar-refractivity contribution in [3.63, 3.8) is 0 Å². The molecule has 2 fully saturated rings. The van der Waals surface area contributed by atoms with Crippen LogP contribution in [0.1, 0.15) is 46.5 Å². The van der Waals surface area contributed by atoms with Crippen LogP contribution in [0.25, 0.3) is 0 Å². The number of hydrogen-bond acceptors (Lipinski definition) is 3. The molecule has 3 atom stereocenters. The summed E-state index contributed by atoms with van der Waals surface area (Å²) in [5.74, 6) is 0.815. The molecule has 2 heterocycles. The van der Waals surface area contributed by atoms with Gasteiger partial charge in [-0.2, -0.15) is 0 Å². The van der Waals surface area contributed by atoms with E-state index in [2.05, 4.69) is 38.0 Å². The minimum Gasteiger partial charge on any atom is -0.375 e. The number of rotatable bonds is 3. The second-order valence-electron chi connectivity index (χ2n) is 6.92. The maximum Gasteiger partial charge on any atom is 0.0641 e. The van der Waals surface area contributed by atoms with Gasteiger partial charge in [0.15, 0.2) is 0 Å². The maximum atomic E-state index is 5.79. The Morgan fingerprint density at radius 2 is 2.11 bits per heavy atom. The van der Waals surface area contributed by atoms with Crippen LogP contribution in [-0.4, -0.2) is 49.3 Å². The highest BCUT2D eigenvalue weighted by Crippen LogP contribution is 2.26. The molecule has 106 valence electrons. The second-order valence-corrected chi connectivity index (χ2v) is 6.92. The van der Waals surface area contributed by atoms with Crippen LogP contribution >= 0.6 is 0 Å². The number of piperidine rings is 1. The predicted octanol–water partition coefficient (Wildman–Crippen LogP) is 2.26. The van der Waals surface area contributed by atoms with Gasteiger partial charge in [0.05, 0.1) is 5.60 Å². The zero-order chi connectivity index (χ0) is 13.2. The molecule has 3 heteroatoms. The second kappa shape index (κ2) is 5.89. The van der Waals surface area contributed by atoms with Crippen molar-refractivity contribution < 1.29 is 4.74 Å². The Kier molecular flexibility index (Phi) is 4.68. The van der Waals surface area contributed by atoms with Gasteiger partial charge in [0.1, 0.15) is 0 Å². The molecule has 0 bridgehead atoms. The number of likely N-dealkylation sites (tertiary alicyclic amines) is 1. The van der Waals surface area contributed by atoms with Crippen LogP contribution < -0.4 is 5.32 Å². The van der Waals surface area contributed by atoms with E-state index in [1.54, 1.807) is 0 Å². The van der Waals surface area contributed by atoms with Crippen molar-refractivity contribution in [3.8, 4) is 0 Å². The summed E-state index contributed by atoms with van der Waals surface area (Å²) >= 11 is 0. The third-order valence-electron chi connectivity index (χ3n) is 4.56. The Morgan fingerprint density at radius 3 is 2.78 bits per heavy atom. The average molecular weight is 254 g/mol. The van der Waals surface area contributed by atoms with Crippen LogP contribution in [0.15, 0.2) is 0 Å². The number of hydrogen-bond donors (Lipinski definition) is 1. The van der Waals surface area contributed by atoms with E-state index in [0.29, 0.717) is 12.1 Å². The van der Waals surface area contributed by atoms with Crippen LogP contribution in [0.5, 0.6) is 0 Å². The first-order chi connectivity index (χ1) is 8.46. The number of ether oxygens (including phenoxy) is 1. The van der Waals surface area contributed by atoms with Gasteiger partial charge in [-0.05, 0) is 66.0 Å². The summed E-state index contributed by atoms with van der Waals surface area (Å²) in [6.07, 6.45) is 5.04. The van der Waals surface area contributed by atoms with E-state index in [4.69, 9.17) is 4.74 Å². The largest absolute Gasteiger partial charge is 0.375 e. The van der Waals surface area contributed by atoms with Crippen molar-refractivity contribution >= 4 is 0 Å². The van der Waals surface area contributed by atoms with Gasteiger partial charge < -0.3 is 15.0 Å². The minimum absolute atomic E-state index is 0.0546. The van der Waals surface area contributed by atoms with Crippen LogP contribution in [0.4, 0.5) is 0 Å². The first-order valence-corrected chi connectivity index (χ1v) is 7.55. The maximum absolute atomic E-state index is 5.79. The summed E-state index contributed by atoms with van der Waals surface area (Å²) in [4.78, 5) is 2.47. The van der Waals surface area contributed by atoms with Gasteiger partial charge in [-0.25, -0.2) is 0 Å². The van der Waals surface area contributed by atoms with Gasteiger partial charge in [0.25, 0.3) is 0 Å². The zero-order valence-corrected chi connectivity index (χ0v) is 12.5. The molecule has 18 heavy (non-hydrogen) atoms. The van der Waals surface area contributed by atoms with Crippen molar-refractivity contribution in [2.45, 2.75) is 64.1 Å². The Morgan fingerprint density at radius 1 is 1.33 bits per heavy atom. The highest BCUT2D eigenvalue weighted by Gasteiger charge is 2.31. The smallest absolute Gasteiger partial charge is 0.0641 e. The summed E-state index contributed by atoms with van der Waals surface area (Å²) in [5.41, 5.74) is 0.0546. The van der Waals surface area contributed by atoms with E-state index in [1.807, 2.05) is 0 Å². The minimum atomic E-state index is 0.0546. The molecule has 2 aliphatic rings. The summed E-state index contributed by atoms with van der Waals surface area (Å²) in [5, 5.41) is 3.86. The monoisotopic (exact) mass is 254 g/mol. The predicted molar refractivity (Wildman–Crippen MR) is 75.9 cm³/mol. The van der Waals surface area contributed by atoms with Crippen LogP contribution in [-0.2, 0) is 4.74 Å². The first-order valence-electron chi connectivity index (χ1n) is 7.55. The van der Waals surface area contributed by atoms with Crippen LogP contribution in [0.2, 0.25) is 0 Å². The summed E-state index contributed by atoms with van der Waals surface area (Å²) < 4.78 is 5.79. The molecule has 2 aliphatic heterocycles. The normalized spacial score (nSPS) is 35.3. The van der Waals surface area contributed by atoms with Crippen LogP contribution in [0.3, 0.4) is 0 Å². The SMILES string of the molecule is CC(NC1CCOC(C)(C)C1)C1CCCN(C)C1. The zero-order valence-electron chi connectivity index (χ0n) is 12.5. The molecule has 0 aliphatic carbocycles. The molecule has 0 aromatic heterocycles. The fourth-order valence-corrected chi connectivity index (χ4v) is 3.50. The average Bonchev–Trinajstić information content (AvgIpc) is 2.27. The van der Waals surface area contributed by atoms with Crippen molar-refractivity contribution in [1.29, 1.82) is 0 Å².